The summed E-state index contributed by atoms with van der Waals surface area (Å²) in [5, 5.41) is 8.39. The van der Waals surface area contributed by atoms with E-state index < -0.39 is 5.82 Å². The molecule has 0 N–H and O–H groups in total. The monoisotopic (exact) mass is 196 g/mol. The molecule has 0 aliphatic heterocycles. The average molecular weight is 196 g/mol. The van der Waals surface area contributed by atoms with Crippen LogP contribution in [0.25, 0.3) is 0 Å². The van der Waals surface area contributed by atoms with Gasteiger partial charge in [-0.15, -0.1) is 0 Å². The Labute approximate surface area is 83.2 Å². The second-order valence-electron chi connectivity index (χ2n) is 2.20. The molecule has 14 heavy (non-hydrogen) atoms. The number of ether oxygens (including phenoxy) is 1. The lowest BCUT2D eigenvalue weighted by molar-refractivity contribution is 0.177. The van der Waals surface area contributed by atoms with Crippen LogP contribution in [0, 0.1) is 17.1 Å². The Morgan fingerprint density at radius 3 is 2.64 bits per heavy atom. The van der Waals surface area contributed by atoms with E-state index in [1.807, 2.05) is 13.8 Å². The quantitative estimate of drug-likeness (QED) is 0.728. The minimum Gasteiger partial charge on any atom is -0.378 e. The molecule has 0 aliphatic rings. The van der Waals surface area contributed by atoms with E-state index in [-0.39, 0.29) is 17.9 Å². The van der Waals surface area contributed by atoms with E-state index in [0.717, 1.165) is 6.07 Å². The van der Waals surface area contributed by atoms with Gasteiger partial charge in [0, 0.05) is 13.3 Å². The predicted molar refractivity (Wildman–Crippen MR) is 51.0 cm³/mol. The number of hydrogen-bond acceptors (Lipinski definition) is 3. The third-order valence-corrected chi connectivity index (χ3v) is 1.33. The first-order valence-corrected chi connectivity index (χ1v) is 4.31. The van der Waals surface area contributed by atoms with Crippen LogP contribution in [0.4, 0.5) is 4.39 Å². The molecule has 0 saturated carbocycles. The van der Waals surface area contributed by atoms with E-state index >= 15 is 0 Å². The van der Waals surface area contributed by atoms with Crippen molar-refractivity contribution in [1.29, 1.82) is 5.26 Å². The van der Waals surface area contributed by atoms with Gasteiger partial charge in [-0.05, 0) is 6.07 Å². The zero-order valence-electron chi connectivity index (χ0n) is 8.54. The molecule has 0 atom stereocenters. The van der Waals surface area contributed by atoms with Crippen LogP contribution in [0.3, 0.4) is 0 Å². The summed E-state index contributed by atoms with van der Waals surface area (Å²) in [6.07, 6.45) is 1.32. The number of methoxy groups -OCH3 is 1. The fourth-order valence-corrected chi connectivity index (χ4v) is 0.770. The standard InChI is InChI=1S/C8H7FN2O.C2H6/c1-12-5-8-7(9)2-6(3-10)4-11-8;1-2/h2,4H,5H2,1H3;1-2H3. The predicted octanol–water partition coefficient (Wildman–Crippen LogP) is 2.26. The maximum atomic E-state index is 12.9. The highest BCUT2D eigenvalue weighted by Gasteiger charge is 2.03. The highest BCUT2D eigenvalue weighted by atomic mass is 19.1. The van der Waals surface area contributed by atoms with Crippen molar-refractivity contribution in [3.8, 4) is 6.07 Å². The van der Waals surface area contributed by atoms with E-state index in [1.54, 1.807) is 6.07 Å². The van der Waals surface area contributed by atoms with Gasteiger partial charge in [0.1, 0.15) is 17.6 Å². The Morgan fingerprint density at radius 2 is 2.21 bits per heavy atom. The Morgan fingerprint density at radius 1 is 1.57 bits per heavy atom. The van der Waals surface area contributed by atoms with E-state index in [2.05, 4.69) is 4.98 Å². The van der Waals surface area contributed by atoms with Crippen molar-refractivity contribution in [2.75, 3.05) is 7.11 Å². The molecular weight excluding hydrogens is 183 g/mol. The van der Waals surface area contributed by atoms with E-state index in [9.17, 15) is 4.39 Å². The molecule has 1 rings (SSSR count). The topological polar surface area (TPSA) is 45.9 Å². The Balaban J connectivity index is 0.000000791. The first kappa shape index (κ1) is 12.5. The second-order valence-corrected chi connectivity index (χ2v) is 2.20. The third-order valence-electron chi connectivity index (χ3n) is 1.33. The Bertz CT molecular complexity index is 320. The Kier molecular flexibility index (Phi) is 6.25. The van der Waals surface area contributed by atoms with Gasteiger partial charge in [0.05, 0.1) is 12.2 Å². The lowest BCUT2D eigenvalue weighted by atomic mass is 10.2. The van der Waals surface area contributed by atoms with Gasteiger partial charge in [0.15, 0.2) is 0 Å². The van der Waals surface area contributed by atoms with E-state index in [1.165, 1.54) is 13.3 Å². The molecule has 1 aromatic rings. The van der Waals surface area contributed by atoms with Crippen LogP contribution >= 0.6 is 0 Å². The zero-order valence-corrected chi connectivity index (χ0v) is 8.54. The Hall–Kier alpha value is -1.47. The van der Waals surface area contributed by atoms with Gasteiger partial charge < -0.3 is 4.74 Å². The molecule has 0 amide bonds. The number of halogens is 1. The SMILES string of the molecule is CC.COCc1ncc(C#N)cc1F. The molecule has 76 valence electrons. The number of nitrogens with zero attached hydrogens (tertiary/aromatic N) is 2. The minimum atomic E-state index is -0.504. The highest BCUT2D eigenvalue weighted by molar-refractivity contribution is 5.27. The van der Waals surface area contributed by atoms with Gasteiger partial charge in [-0.1, -0.05) is 13.8 Å². The molecular formula is C10H13FN2O. The number of nitriles is 1. The summed E-state index contributed by atoms with van der Waals surface area (Å²) >= 11 is 0. The van der Waals surface area contributed by atoms with Crippen molar-refractivity contribution in [3.63, 3.8) is 0 Å². The van der Waals surface area contributed by atoms with Crippen molar-refractivity contribution in [1.82, 2.24) is 4.98 Å². The van der Waals surface area contributed by atoms with Crippen LogP contribution in [0.5, 0.6) is 0 Å². The van der Waals surface area contributed by atoms with Crippen molar-refractivity contribution < 1.29 is 9.13 Å². The lowest BCUT2D eigenvalue weighted by Gasteiger charge is -1.99. The maximum Gasteiger partial charge on any atom is 0.148 e. The van der Waals surface area contributed by atoms with E-state index in [4.69, 9.17) is 10.00 Å². The minimum absolute atomic E-state index is 0.123. The number of rotatable bonds is 2. The van der Waals surface area contributed by atoms with Gasteiger partial charge in [0.25, 0.3) is 0 Å². The average Bonchev–Trinajstić information content (AvgIpc) is 2.24. The highest BCUT2D eigenvalue weighted by Crippen LogP contribution is 2.06. The van der Waals surface area contributed by atoms with Crippen LogP contribution in [0.2, 0.25) is 0 Å². The van der Waals surface area contributed by atoms with Crippen LogP contribution in [-0.4, -0.2) is 12.1 Å². The summed E-state index contributed by atoms with van der Waals surface area (Å²) in [5.74, 6) is -0.504. The van der Waals surface area contributed by atoms with Crippen LogP contribution in [0.15, 0.2) is 12.3 Å². The molecule has 0 aromatic carbocycles. The van der Waals surface area contributed by atoms with Gasteiger partial charge in [-0.2, -0.15) is 5.26 Å². The van der Waals surface area contributed by atoms with Gasteiger partial charge in [-0.25, -0.2) is 4.39 Å². The van der Waals surface area contributed by atoms with Crippen LogP contribution < -0.4 is 0 Å². The molecule has 3 nitrogen and oxygen atoms in total. The fourth-order valence-electron chi connectivity index (χ4n) is 0.770. The molecule has 0 saturated heterocycles. The van der Waals surface area contributed by atoms with Crippen molar-refractivity contribution in [2.45, 2.75) is 20.5 Å². The number of pyridine rings is 1. The van der Waals surface area contributed by atoms with Gasteiger partial charge in [-0.3, -0.25) is 4.98 Å². The summed E-state index contributed by atoms with van der Waals surface area (Å²) in [6, 6.07) is 2.93. The summed E-state index contributed by atoms with van der Waals surface area (Å²) < 4.78 is 17.6. The summed E-state index contributed by atoms with van der Waals surface area (Å²) in [7, 11) is 1.46. The van der Waals surface area contributed by atoms with Crippen molar-refractivity contribution >= 4 is 0 Å². The lowest BCUT2D eigenvalue weighted by Crippen LogP contribution is -1.97. The maximum absolute atomic E-state index is 12.9. The fraction of sp³-hybridized carbons (Fsp3) is 0.400. The normalized spacial score (nSPS) is 8.50. The largest absolute Gasteiger partial charge is 0.378 e. The van der Waals surface area contributed by atoms with Crippen molar-refractivity contribution in [3.05, 3.63) is 29.3 Å². The third kappa shape index (κ3) is 3.50. The summed E-state index contributed by atoms with van der Waals surface area (Å²) in [6.45, 7) is 4.12. The van der Waals surface area contributed by atoms with Gasteiger partial charge in [0.2, 0.25) is 0 Å². The molecule has 4 heteroatoms. The molecule has 1 heterocycles. The number of aromatic nitrogens is 1. The first-order valence-electron chi connectivity index (χ1n) is 4.31. The summed E-state index contributed by atoms with van der Waals surface area (Å²) in [5.41, 5.74) is 0.434. The molecule has 0 bridgehead atoms. The molecule has 0 unspecified atom stereocenters. The molecule has 1 aromatic heterocycles. The molecule has 0 fully saturated rings. The van der Waals surface area contributed by atoms with Gasteiger partial charge >= 0.3 is 0 Å². The van der Waals surface area contributed by atoms with Crippen molar-refractivity contribution in [2.24, 2.45) is 0 Å². The molecule has 0 radical (unpaired) electrons. The van der Waals surface area contributed by atoms with Crippen LogP contribution in [0.1, 0.15) is 25.1 Å². The molecule has 0 spiro atoms. The smallest absolute Gasteiger partial charge is 0.148 e. The zero-order chi connectivity index (χ0) is 11.0. The van der Waals surface area contributed by atoms with Crippen LogP contribution in [-0.2, 0) is 11.3 Å². The summed E-state index contributed by atoms with van der Waals surface area (Å²) in [4.78, 5) is 3.72. The van der Waals surface area contributed by atoms with E-state index in [0.29, 0.717) is 0 Å². The first-order chi connectivity index (χ1) is 6.77. The second kappa shape index (κ2) is 6.98. The number of hydrogen-bond donors (Lipinski definition) is 0. The molecule has 0 aliphatic carbocycles.